The number of hydrogen-bond acceptors (Lipinski definition) is 5. The molecule has 2 aliphatic heterocycles. The lowest BCUT2D eigenvalue weighted by Crippen LogP contribution is -2.42. The predicted molar refractivity (Wildman–Crippen MR) is 74.5 cm³/mol. The Morgan fingerprint density at radius 3 is 3.00 bits per heavy atom. The molecule has 0 saturated carbocycles. The van der Waals surface area contributed by atoms with Gasteiger partial charge >= 0.3 is 0 Å². The van der Waals surface area contributed by atoms with Crippen LogP contribution in [-0.2, 0) is 16.6 Å². The van der Waals surface area contributed by atoms with Crippen molar-refractivity contribution in [1.82, 2.24) is 19.8 Å². The van der Waals surface area contributed by atoms with Gasteiger partial charge in [0.05, 0.1) is 0 Å². The van der Waals surface area contributed by atoms with Crippen molar-refractivity contribution in [3.05, 3.63) is 11.3 Å². The van der Waals surface area contributed by atoms with Crippen molar-refractivity contribution in [2.24, 2.45) is 5.73 Å². The van der Waals surface area contributed by atoms with Gasteiger partial charge in [-0.2, -0.15) is 5.10 Å². The Morgan fingerprint density at radius 2 is 2.25 bits per heavy atom. The summed E-state index contributed by atoms with van der Waals surface area (Å²) in [6.07, 6.45) is 3.08. The van der Waals surface area contributed by atoms with Crippen molar-refractivity contribution in [2.45, 2.75) is 49.8 Å². The van der Waals surface area contributed by atoms with Crippen molar-refractivity contribution < 1.29 is 8.42 Å². The number of nitrogens with two attached hydrogens (primary N) is 1. The van der Waals surface area contributed by atoms with Crippen molar-refractivity contribution in [1.29, 1.82) is 0 Å². The summed E-state index contributed by atoms with van der Waals surface area (Å²) < 4.78 is 27.8. The number of aromatic amines is 1. The Kier molecular flexibility index (Phi) is 3.57. The number of rotatable bonds is 4. The van der Waals surface area contributed by atoms with E-state index in [1.54, 1.807) is 6.92 Å². The maximum atomic E-state index is 12.5. The van der Waals surface area contributed by atoms with Crippen molar-refractivity contribution in [2.75, 3.05) is 13.1 Å². The Hall–Kier alpha value is -0.960. The number of aryl methyl sites for hydroxylation is 1. The molecule has 2 fully saturated rings. The molecule has 2 atom stereocenters. The lowest BCUT2D eigenvalue weighted by Gasteiger charge is -2.20. The second kappa shape index (κ2) is 5.10. The van der Waals surface area contributed by atoms with Crippen LogP contribution < -0.4 is 10.5 Å². The third-order valence-electron chi connectivity index (χ3n) is 4.41. The number of fused-ring (bicyclic) bond motifs is 1. The summed E-state index contributed by atoms with van der Waals surface area (Å²) in [7, 11) is -3.60. The van der Waals surface area contributed by atoms with Crippen LogP contribution in [0, 0.1) is 6.92 Å². The standard InChI is InChI=1S/C12H21N5O2S/c1-8-9(7-13)12(15-14-8)20(18,19)16-10-4-6-17-5-2-3-11(10)17/h10-11,16H,2-7,13H2,1H3,(H,14,15). The van der Waals surface area contributed by atoms with Crippen molar-refractivity contribution in [3.63, 3.8) is 0 Å². The topological polar surface area (TPSA) is 104 Å². The number of hydrogen-bond donors (Lipinski definition) is 3. The first-order chi connectivity index (χ1) is 9.53. The molecule has 1 aromatic rings. The molecule has 3 rings (SSSR count). The summed E-state index contributed by atoms with van der Waals surface area (Å²) in [4.78, 5) is 2.37. The van der Waals surface area contributed by atoms with Crippen LogP contribution in [0.25, 0.3) is 0 Å². The fourth-order valence-corrected chi connectivity index (χ4v) is 4.88. The fourth-order valence-electron chi connectivity index (χ4n) is 3.37. The van der Waals surface area contributed by atoms with Crippen molar-refractivity contribution >= 4 is 10.0 Å². The zero-order valence-electron chi connectivity index (χ0n) is 11.6. The molecule has 112 valence electrons. The molecular weight excluding hydrogens is 278 g/mol. The molecule has 2 saturated heterocycles. The van der Waals surface area contributed by atoms with Gasteiger partial charge in [0, 0.05) is 36.4 Å². The first kappa shape index (κ1) is 14.0. The number of nitrogens with zero attached hydrogens (tertiary/aromatic N) is 2. The first-order valence-electron chi connectivity index (χ1n) is 7.03. The minimum absolute atomic E-state index is 0.00914. The third-order valence-corrected chi connectivity index (χ3v) is 5.87. The van der Waals surface area contributed by atoms with Crippen LogP contribution in [0.4, 0.5) is 0 Å². The molecule has 2 aliphatic rings. The van der Waals surface area contributed by atoms with Crippen LogP contribution in [0.5, 0.6) is 0 Å². The highest BCUT2D eigenvalue weighted by Crippen LogP contribution is 2.29. The van der Waals surface area contributed by atoms with E-state index in [-0.39, 0.29) is 17.6 Å². The Morgan fingerprint density at radius 1 is 1.45 bits per heavy atom. The summed E-state index contributed by atoms with van der Waals surface area (Å²) in [5, 5.41) is 6.67. The minimum Gasteiger partial charge on any atom is -0.326 e. The van der Waals surface area contributed by atoms with Crippen LogP contribution in [-0.4, -0.2) is 48.7 Å². The van der Waals surface area contributed by atoms with Gasteiger partial charge in [-0.25, -0.2) is 13.1 Å². The maximum Gasteiger partial charge on any atom is 0.260 e. The number of nitrogens with one attached hydrogen (secondary N) is 2. The highest BCUT2D eigenvalue weighted by molar-refractivity contribution is 7.89. The average molecular weight is 299 g/mol. The molecule has 0 spiro atoms. The Balaban J connectivity index is 1.82. The molecule has 0 aromatic carbocycles. The Bertz CT molecular complexity index is 597. The highest BCUT2D eigenvalue weighted by Gasteiger charge is 2.40. The summed E-state index contributed by atoms with van der Waals surface area (Å²) in [6, 6.07) is 0.330. The van der Waals surface area contributed by atoms with Gasteiger partial charge in [0.25, 0.3) is 10.0 Å². The highest BCUT2D eigenvalue weighted by atomic mass is 32.2. The van der Waals surface area contributed by atoms with Gasteiger partial charge in [0.1, 0.15) is 0 Å². The molecule has 0 bridgehead atoms. The number of aromatic nitrogens is 2. The van der Waals surface area contributed by atoms with Gasteiger partial charge < -0.3 is 5.73 Å². The van der Waals surface area contributed by atoms with Gasteiger partial charge in [0.15, 0.2) is 5.03 Å². The molecule has 20 heavy (non-hydrogen) atoms. The maximum absolute atomic E-state index is 12.5. The van der Waals surface area contributed by atoms with Gasteiger partial charge in [-0.15, -0.1) is 0 Å². The first-order valence-corrected chi connectivity index (χ1v) is 8.51. The summed E-state index contributed by atoms with van der Waals surface area (Å²) in [5.74, 6) is 0. The molecule has 0 amide bonds. The predicted octanol–water partition coefficient (Wildman–Crippen LogP) is -0.308. The largest absolute Gasteiger partial charge is 0.326 e. The second-order valence-corrected chi connectivity index (χ2v) is 7.23. The molecule has 0 aliphatic carbocycles. The number of sulfonamides is 1. The van der Waals surface area contributed by atoms with Crippen LogP contribution in [0.15, 0.2) is 5.03 Å². The van der Waals surface area contributed by atoms with Crippen LogP contribution in [0.2, 0.25) is 0 Å². The van der Waals surface area contributed by atoms with Crippen molar-refractivity contribution in [3.8, 4) is 0 Å². The molecule has 3 heterocycles. The molecule has 8 heteroatoms. The van der Waals surface area contributed by atoms with Crippen LogP contribution in [0.1, 0.15) is 30.5 Å². The van der Waals surface area contributed by atoms with E-state index in [1.807, 2.05) is 0 Å². The third kappa shape index (κ3) is 2.26. The van der Waals surface area contributed by atoms with E-state index in [9.17, 15) is 8.42 Å². The van der Waals surface area contributed by atoms with E-state index in [4.69, 9.17) is 5.73 Å². The van der Waals surface area contributed by atoms with Gasteiger partial charge in [0.2, 0.25) is 0 Å². The van der Waals surface area contributed by atoms with Gasteiger partial charge in [-0.05, 0) is 32.7 Å². The lowest BCUT2D eigenvalue weighted by molar-refractivity contribution is 0.308. The Labute approximate surface area is 119 Å². The van der Waals surface area contributed by atoms with Crippen LogP contribution >= 0.6 is 0 Å². The summed E-state index contributed by atoms with van der Waals surface area (Å²) >= 11 is 0. The average Bonchev–Trinajstić information content (AvgIpc) is 3.06. The van der Waals surface area contributed by atoms with E-state index in [0.29, 0.717) is 17.3 Å². The monoisotopic (exact) mass is 299 g/mol. The summed E-state index contributed by atoms with van der Waals surface area (Å²) in [6.45, 7) is 4.00. The van der Waals surface area contributed by atoms with E-state index in [0.717, 1.165) is 32.4 Å². The van der Waals surface area contributed by atoms with Gasteiger partial charge in [-0.1, -0.05) is 0 Å². The lowest BCUT2D eigenvalue weighted by atomic mass is 10.1. The van der Waals surface area contributed by atoms with E-state index < -0.39 is 10.0 Å². The fraction of sp³-hybridized carbons (Fsp3) is 0.750. The van der Waals surface area contributed by atoms with Gasteiger partial charge in [-0.3, -0.25) is 10.00 Å². The molecule has 4 N–H and O–H groups in total. The zero-order chi connectivity index (χ0) is 14.3. The second-order valence-electron chi connectivity index (χ2n) is 5.60. The zero-order valence-corrected chi connectivity index (χ0v) is 12.4. The molecular formula is C12H21N5O2S. The van der Waals surface area contributed by atoms with Crippen LogP contribution in [0.3, 0.4) is 0 Å². The quantitative estimate of drug-likeness (QED) is 0.707. The molecule has 7 nitrogen and oxygen atoms in total. The van der Waals surface area contributed by atoms with E-state index in [1.165, 1.54) is 0 Å². The number of H-pyrrole nitrogens is 1. The molecule has 2 unspecified atom stereocenters. The summed E-state index contributed by atoms with van der Waals surface area (Å²) in [5.41, 5.74) is 6.90. The smallest absolute Gasteiger partial charge is 0.260 e. The molecule has 0 radical (unpaired) electrons. The minimum atomic E-state index is -3.60. The SMILES string of the molecule is Cc1[nH]nc(S(=O)(=O)NC2CCN3CCCC23)c1CN. The van der Waals surface area contributed by atoms with E-state index >= 15 is 0 Å². The molecule has 1 aromatic heterocycles. The normalized spacial score (nSPS) is 27.1. The van der Waals surface area contributed by atoms with E-state index in [2.05, 4.69) is 19.8 Å².